The van der Waals surface area contributed by atoms with Crippen molar-refractivity contribution in [3.63, 3.8) is 0 Å². The first-order valence-corrected chi connectivity index (χ1v) is 16.4. The maximum atomic E-state index is 13.4. The zero-order chi connectivity index (χ0) is 33.9. The Labute approximate surface area is 288 Å². The molecular weight excluding hydrogens is 621 g/mol. The normalized spacial score (nSPS) is 12.2. The molecule has 8 nitrogen and oxygen atoms in total. The number of aldehydes is 1. The molecule has 0 aliphatic carbocycles. The fraction of sp³-hybridized carbons (Fsp3) is 0.0714. The average molecular weight is 653 g/mol. The number of aromatic nitrogens is 5. The smallest absolute Gasteiger partial charge is 0.289 e. The summed E-state index contributed by atoms with van der Waals surface area (Å²) in [5.41, 5.74) is 7.45. The highest BCUT2D eigenvalue weighted by Crippen LogP contribution is 2.42. The van der Waals surface area contributed by atoms with Crippen molar-refractivity contribution in [1.29, 1.82) is 0 Å². The Morgan fingerprint density at radius 3 is 1.78 bits per heavy atom. The van der Waals surface area contributed by atoms with Gasteiger partial charge in [0, 0.05) is 23.3 Å². The number of hydrogen-bond donors (Lipinski definition) is 2. The topological polar surface area (TPSA) is 106 Å². The third-order valence-electron chi connectivity index (χ3n) is 9.30. The van der Waals surface area contributed by atoms with Crippen LogP contribution in [0.4, 0.5) is 0 Å². The van der Waals surface area contributed by atoms with E-state index in [0.717, 1.165) is 38.9 Å². The van der Waals surface area contributed by atoms with Gasteiger partial charge in [-0.1, -0.05) is 121 Å². The minimum absolute atomic E-state index is 0.00336. The third-order valence-corrected chi connectivity index (χ3v) is 9.30. The lowest BCUT2D eigenvalue weighted by molar-refractivity contribution is -0.109. The Balaban J connectivity index is 1.30. The number of hydrogen-bond acceptors (Lipinski definition) is 5. The summed E-state index contributed by atoms with van der Waals surface area (Å²) < 4.78 is 2.17. The van der Waals surface area contributed by atoms with Crippen LogP contribution in [-0.4, -0.2) is 36.9 Å². The molecule has 8 heteroatoms. The number of aromatic amines is 1. The van der Waals surface area contributed by atoms with Crippen molar-refractivity contribution in [2.24, 2.45) is 0 Å². The number of imidazole rings is 1. The molecule has 0 fully saturated rings. The van der Waals surface area contributed by atoms with Crippen LogP contribution >= 0.6 is 0 Å². The minimum Gasteiger partial charge on any atom is -0.336 e. The summed E-state index contributed by atoms with van der Waals surface area (Å²) in [5, 5.41) is 7.44. The van der Waals surface area contributed by atoms with Crippen molar-refractivity contribution >= 4 is 34.1 Å². The van der Waals surface area contributed by atoms with Crippen LogP contribution in [0.25, 0.3) is 33.2 Å². The van der Waals surface area contributed by atoms with Crippen LogP contribution < -0.4 is 5.32 Å². The molecule has 1 amide bonds. The predicted molar refractivity (Wildman–Crippen MR) is 195 cm³/mol. The molecule has 0 saturated heterocycles. The maximum Gasteiger partial charge on any atom is 0.289 e. The molecule has 0 aliphatic rings. The molecule has 8 aromatic rings. The first-order valence-electron chi connectivity index (χ1n) is 16.4. The van der Waals surface area contributed by atoms with Crippen LogP contribution in [-0.2, 0) is 16.8 Å². The first kappa shape index (κ1) is 30.7. The number of fused-ring (bicyclic) bond motifs is 2. The van der Waals surface area contributed by atoms with Crippen LogP contribution in [0.1, 0.15) is 38.9 Å². The predicted octanol–water partition coefficient (Wildman–Crippen LogP) is 7.68. The standard InChI is InChI=1S/C42H32N6O2/c49-27-37(29-13-5-1-6-14-29)46-41(50)40-44-35-25-34-38(26-36(35)45-40)48(47-39(34)30-21-23-43-24-22-30)28-42(31-15-7-2-8-16-31,32-17-9-3-10-18-32)33-19-11-4-12-20-33/h1-27,37,47H,28H2,(H,46,50)/t37-/m1/s1. The quantitative estimate of drug-likeness (QED) is 0.117. The molecule has 50 heavy (non-hydrogen) atoms. The molecule has 8 rings (SSSR count). The molecule has 0 aliphatic heterocycles. The van der Waals surface area contributed by atoms with E-state index >= 15 is 0 Å². The van der Waals surface area contributed by atoms with Crippen molar-refractivity contribution in [1.82, 2.24) is 30.0 Å². The lowest BCUT2D eigenvalue weighted by Crippen LogP contribution is -2.35. The monoisotopic (exact) mass is 652 g/mol. The molecule has 242 valence electrons. The second-order valence-electron chi connectivity index (χ2n) is 12.2. The van der Waals surface area contributed by atoms with E-state index in [1.54, 1.807) is 24.5 Å². The van der Waals surface area contributed by atoms with Crippen molar-refractivity contribution in [2.45, 2.75) is 18.0 Å². The molecule has 0 radical (unpaired) electrons. The number of nitrogens with zero attached hydrogens (tertiary/aromatic N) is 4. The Morgan fingerprint density at radius 2 is 1.24 bits per heavy atom. The van der Waals surface area contributed by atoms with E-state index in [1.165, 1.54) is 0 Å². The van der Waals surface area contributed by atoms with E-state index in [9.17, 15) is 9.59 Å². The summed E-state index contributed by atoms with van der Waals surface area (Å²) in [4.78, 5) is 38.9. The Morgan fingerprint density at radius 1 is 0.720 bits per heavy atom. The van der Waals surface area contributed by atoms with Gasteiger partial charge in [-0.15, -0.1) is 0 Å². The molecule has 0 bridgehead atoms. The second kappa shape index (κ2) is 13.1. The first-order chi connectivity index (χ1) is 24.6. The number of benzene rings is 5. The Kier molecular flexibility index (Phi) is 8.02. The van der Waals surface area contributed by atoms with Gasteiger partial charge in [0.15, 0.2) is 0 Å². The van der Waals surface area contributed by atoms with Gasteiger partial charge in [-0.05, 0) is 46.5 Å². The number of H-pyrrole nitrogens is 1. The van der Waals surface area contributed by atoms with Crippen LogP contribution in [0.3, 0.4) is 0 Å². The molecule has 0 saturated carbocycles. The SMILES string of the molecule is O=C[C@@H](NC(=O)c1nc2cc3c(-c4ccncc4)[nH]n(CC(c4ccccc4)(c4ccccc4)c4ccccc4)c3cc2n1)c1ccccc1. The number of carbonyl (C=O) groups excluding carboxylic acids is 2. The van der Waals surface area contributed by atoms with Crippen molar-refractivity contribution in [3.05, 3.63) is 186 Å². The summed E-state index contributed by atoms with van der Waals surface area (Å²) in [7, 11) is 0. The van der Waals surface area contributed by atoms with Crippen LogP contribution in [0.5, 0.6) is 0 Å². The number of pyridine rings is 1. The van der Waals surface area contributed by atoms with E-state index < -0.39 is 17.4 Å². The minimum atomic E-state index is -0.816. The third kappa shape index (κ3) is 5.52. The summed E-state index contributed by atoms with van der Waals surface area (Å²) in [6.45, 7) is 0.525. The zero-order valence-electron chi connectivity index (χ0n) is 27.0. The van der Waals surface area contributed by atoms with Crippen molar-refractivity contribution < 1.29 is 9.59 Å². The number of amides is 1. The lowest BCUT2D eigenvalue weighted by atomic mass is 9.69. The number of nitrogens with one attached hydrogen (secondary N) is 2. The highest BCUT2D eigenvalue weighted by Gasteiger charge is 2.37. The second-order valence-corrected chi connectivity index (χ2v) is 12.2. The van der Waals surface area contributed by atoms with Gasteiger partial charge in [-0.3, -0.25) is 19.6 Å². The van der Waals surface area contributed by atoms with E-state index in [0.29, 0.717) is 29.4 Å². The van der Waals surface area contributed by atoms with Gasteiger partial charge in [0.25, 0.3) is 5.91 Å². The number of rotatable bonds is 10. The van der Waals surface area contributed by atoms with Gasteiger partial charge in [-0.25, -0.2) is 9.97 Å². The van der Waals surface area contributed by atoms with Gasteiger partial charge in [-0.2, -0.15) is 0 Å². The van der Waals surface area contributed by atoms with Gasteiger partial charge in [0.2, 0.25) is 5.82 Å². The summed E-state index contributed by atoms with van der Waals surface area (Å²) in [6, 6.07) is 47.9. The largest absolute Gasteiger partial charge is 0.336 e. The highest BCUT2D eigenvalue weighted by molar-refractivity contribution is 6.03. The van der Waals surface area contributed by atoms with Crippen molar-refractivity contribution in [2.75, 3.05) is 0 Å². The number of carbonyl (C=O) groups is 2. The van der Waals surface area contributed by atoms with Gasteiger partial charge in [0.1, 0.15) is 12.3 Å². The van der Waals surface area contributed by atoms with Crippen LogP contribution in [0.2, 0.25) is 0 Å². The van der Waals surface area contributed by atoms with E-state index in [4.69, 9.17) is 0 Å². The summed E-state index contributed by atoms with van der Waals surface area (Å²) in [5.74, 6) is -0.518. The summed E-state index contributed by atoms with van der Waals surface area (Å²) in [6.07, 6.45) is 4.25. The molecule has 2 N–H and O–H groups in total. The average Bonchev–Trinajstić information content (AvgIpc) is 3.77. The molecule has 5 aromatic carbocycles. The Hall–Kier alpha value is -6.67. The fourth-order valence-corrected chi connectivity index (χ4v) is 6.88. The van der Waals surface area contributed by atoms with E-state index in [1.807, 2.05) is 60.7 Å². The van der Waals surface area contributed by atoms with Gasteiger partial charge >= 0.3 is 0 Å². The maximum absolute atomic E-state index is 13.4. The highest BCUT2D eigenvalue weighted by atomic mass is 16.2. The molecule has 0 spiro atoms. The molecule has 0 unspecified atom stereocenters. The fourth-order valence-electron chi connectivity index (χ4n) is 6.88. The molecule has 3 heterocycles. The molecule has 1 atom stereocenters. The van der Waals surface area contributed by atoms with Gasteiger partial charge in [0.05, 0.1) is 34.2 Å². The van der Waals surface area contributed by atoms with Crippen LogP contribution in [0.15, 0.2) is 158 Å². The molecular formula is C42H32N6O2. The van der Waals surface area contributed by atoms with Crippen molar-refractivity contribution in [3.8, 4) is 11.3 Å². The van der Waals surface area contributed by atoms with Gasteiger partial charge < -0.3 is 10.1 Å². The Bertz CT molecular complexity index is 2310. The lowest BCUT2D eigenvalue weighted by Gasteiger charge is -2.36. The van der Waals surface area contributed by atoms with Crippen LogP contribution in [0, 0.1) is 0 Å². The van der Waals surface area contributed by atoms with E-state index in [-0.39, 0.29) is 5.82 Å². The van der Waals surface area contributed by atoms with E-state index in [2.05, 4.69) is 103 Å². The summed E-state index contributed by atoms with van der Waals surface area (Å²) >= 11 is 0. The zero-order valence-corrected chi connectivity index (χ0v) is 27.0. The molecule has 3 aromatic heterocycles.